The number of likely N-dealkylation sites (tertiary alicyclic amines) is 1. The van der Waals surface area contributed by atoms with Crippen LogP contribution in [-0.2, 0) is 10.3 Å². The fraction of sp³-hybridized carbons (Fsp3) is 0.269. The number of hydrogen-bond acceptors (Lipinski definition) is 4. The van der Waals surface area contributed by atoms with Crippen molar-refractivity contribution < 1.29 is 19.7 Å². The molecule has 2 aliphatic rings. The largest absolute Gasteiger partial charge is 0.497 e. The Kier molecular flexibility index (Phi) is 5.32. The van der Waals surface area contributed by atoms with Gasteiger partial charge in [0.2, 0.25) is 5.91 Å². The Morgan fingerprint density at radius 2 is 1.31 bits per heavy atom. The van der Waals surface area contributed by atoms with Gasteiger partial charge < -0.3 is 19.8 Å². The third-order valence-electron chi connectivity index (χ3n) is 6.81. The van der Waals surface area contributed by atoms with E-state index in [-0.39, 0.29) is 10.7 Å². The first-order valence-corrected chi connectivity index (χ1v) is 11.5. The van der Waals surface area contributed by atoms with Crippen LogP contribution in [0.5, 0.6) is 5.75 Å². The van der Waals surface area contributed by atoms with E-state index < -0.39 is 29.7 Å². The fourth-order valence-electron chi connectivity index (χ4n) is 5.39. The highest BCUT2D eigenvalue weighted by atomic mass is 79.9. The van der Waals surface area contributed by atoms with E-state index in [9.17, 15) is 15.0 Å². The lowest BCUT2D eigenvalue weighted by Gasteiger charge is -2.49. The number of aliphatic hydroxyl groups is 2. The maximum atomic E-state index is 13.8. The van der Waals surface area contributed by atoms with Gasteiger partial charge >= 0.3 is 0 Å². The smallest absolute Gasteiger partial charge is 0.231 e. The number of fused-ring (bicyclic) bond motifs is 2. The van der Waals surface area contributed by atoms with Gasteiger partial charge in [0, 0.05) is 0 Å². The van der Waals surface area contributed by atoms with Crippen LogP contribution in [0.4, 0.5) is 0 Å². The lowest BCUT2D eigenvalue weighted by atomic mass is 9.74. The summed E-state index contributed by atoms with van der Waals surface area (Å²) in [6.07, 6.45) is -2.14. The minimum Gasteiger partial charge on any atom is -0.497 e. The molecule has 2 bridgehead atoms. The molecule has 6 heteroatoms. The van der Waals surface area contributed by atoms with Crippen LogP contribution in [0.15, 0.2) is 84.9 Å². The van der Waals surface area contributed by atoms with Crippen molar-refractivity contribution in [1.29, 1.82) is 0 Å². The zero-order valence-electron chi connectivity index (χ0n) is 17.5. The predicted molar refractivity (Wildman–Crippen MR) is 125 cm³/mol. The van der Waals surface area contributed by atoms with Crippen molar-refractivity contribution >= 4 is 21.8 Å². The maximum absolute atomic E-state index is 13.8. The maximum Gasteiger partial charge on any atom is 0.231 e. The van der Waals surface area contributed by atoms with Crippen molar-refractivity contribution in [2.45, 2.75) is 28.6 Å². The molecular weight excluding hydrogens is 470 g/mol. The van der Waals surface area contributed by atoms with Crippen LogP contribution in [0.3, 0.4) is 0 Å². The van der Waals surface area contributed by atoms with Gasteiger partial charge in [-0.05, 0) is 28.8 Å². The van der Waals surface area contributed by atoms with Crippen molar-refractivity contribution in [3.63, 3.8) is 0 Å². The number of hydrogen-bond donors (Lipinski definition) is 2. The van der Waals surface area contributed by atoms with Gasteiger partial charge in [-0.3, -0.25) is 4.79 Å². The zero-order valence-corrected chi connectivity index (χ0v) is 19.1. The van der Waals surface area contributed by atoms with Gasteiger partial charge in [-0.2, -0.15) is 0 Å². The minimum absolute atomic E-state index is 0.182. The number of ether oxygens (including phenoxy) is 1. The van der Waals surface area contributed by atoms with E-state index in [0.717, 1.165) is 16.7 Å². The number of benzene rings is 3. The van der Waals surface area contributed by atoms with Gasteiger partial charge in [-0.15, -0.1) is 0 Å². The molecule has 5 atom stereocenters. The lowest BCUT2D eigenvalue weighted by molar-refractivity contribution is -0.152. The molecule has 1 saturated carbocycles. The van der Waals surface area contributed by atoms with E-state index in [4.69, 9.17) is 4.74 Å². The molecule has 0 aromatic heterocycles. The third-order valence-corrected chi connectivity index (χ3v) is 7.92. The van der Waals surface area contributed by atoms with Crippen LogP contribution in [0.2, 0.25) is 0 Å². The monoisotopic (exact) mass is 493 g/mol. The number of rotatable bonds is 5. The molecule has 2 N–H and O–H groups in total. The van der Waals surface area contributed by atoms with E-state index in [1.807, 2.05) is 84.9 Å². The molecule has 1 aliphatic heterocycles. The molecule has 0 unspecified atom stereocenters. The van der Waals surface area contributed by atoms with Crippen molar-refractivity contribution in [3.05, 3.63) is 102 Å². The van der Waals surface area contributed by atoms with Crippen LogP contribution < -0.4 is 4.74 Å². The van der Waals surface area contributed by atoms with E-state index in [0.29, 0.717) is 5.75 Å². The molecule has 1 saturated heterocycles. The van der Waals surface area contributed by atoms with Crippen LogP contribution in [0.1, 0.15) is 16.7 Å². The Balaban J connectivity index is 1.84. The summed E-state index contributed by atoms with van der Waals surface area (Å²) in [4.78, 5) is 15.2. The quantitative estimate of drug-likeness (QED) is 0.422. The molecule has 2 fully saturated rings. The van der Waals surface area contributed by atoms with Crippen molar-refractivity contribution in [2.75, 3.05) is 7.11 Å². The number of carbonyl (C=O) groups excluding carboxylic acids is 1. The van der Waals surface area contributed by atoms with Crippen molar-refractivity contribution in [1.82, 2.24) is 4.90 Å². The number of methoxy groups -OCH3 is 1. The van der Waals surface area contributed by atoms with E-state index >= 15 is 0 Å². The van der Waals surface area contributed by atoms with Gasteiger partial charge in [-0.25, -0.2) is 0 Å². The van der Waals surface area contributed by atoms with Crippen LogP contribution >= 0.6 is 15.9 Å². The first kappa shape index (κ1) is 21.2. The molecular formula is C26H24BrNO4. The Labute approximate surface area is 195 Å². The molecule has 1 amide bonds. The molecule has 32 heavy (non-hydrogen) atoms. The number of carbonyl (C=O) groups is 1. The number of amides is 1. The molecule has 3 aromatic carbocycles. The number of piperidine rings is 1. The third kappa shape index (κ3) is 2.86. The summed E-state index contributed by atoms with van der Waals surface area (Å²) < 4.78 is 5.38. The highest BCUT2D eigenvalue weighted by Gasteiger charge is 2.66. The Hall–Kier alpha value is -2.67. The summed E-state index contributed by atoms with van der Waals surface area (Å²) in [5.74, 6) is -0.176. The normalized spacial score (nSPS) is 27.1. The molecule has 0 radical (unpaired) electrons. The van der Waals surface area contributed by atoms with E-state index in [1.54, 1.807) is 12.0 Å². The highest BCUT2D eigenvalue weighted by Crippen LogP contribution is 2.53. The summed E-state index contributed by atoms with van der Waals surface area (Å²) in [6, 6.07) is 26.8. The van der Waals surface area contributed by atoms with Crippen LogP contribution in [-0.4, -0.2) is 51.2 Å². The summed E-state index contributed by atoms with van der Waals surface area (Å²) in [7, 11) is 1.62. The zero-order chi connectivity index (χ0) is 22.5. The lowest BCUT2D eigenvalue weighted by Crippen LogP contribution is -2.60. The van der Waals surface area contributed by atoms with Gasteiger partial charge in [0.1, 0.15) is 17.4 Å². The SMILES string of the molecule is COc1ccc(C(c2ccccc2)(c2ccccc2)N2C(=O)[C@@H]3[C@@H](O)[C@@H](O)[C@H]2[C@@H]3Br)cc1. The molecule has 5 nitrogen and oxygen atoms in total. The molecule has 3 aromatic rings. The number of alkyl halides is 1. The molecule has 1 heterocycles. The minimum atomic E-state index is -1.09. The number of nitrogens with zero attached hydrogens (tertiary/aromatic N) is 1. The van der Waals surface area contributed by atoms with Crippen LogP contribution in [0.25, 0.3) is 0 Å². The highest BCUT2D eigenvalue weighted by molar-refractivity contribution is 9.09. The second kappa shape index (κ2) is 8.03. The summed E-state index contributed by atoms with van der Waals surface area (Å²) in [5.41, 5.74) is 1.67. The fourth-order valence-corrected chi connectivity index (χ4v) is 6.47. The Bertz CT molecular complexity index is 1070. The molecule has 164 valence electrons. The second-order valence-corrected chi connectivity index (χ2v) is 9.38. The van der Waals surface area contributed by atoms with E-state index in [1.165, 1.54) is 0 Å². The van der Waals surface area contributed by atoms with E-state index in [2.05, 4.69) is 15.9 Å². The van der Waals surface area contributed by atoms with Crippen molar-refractivity contribution in [2.24, 2.45) is 5.92 Å². The Morgan fingerprint density at radius 1 is 0.812 bits per heavy atom. The van der Waals surface area contributed by atoms with Gasteiger partial charge in [0.25, 0.3) is 0 Å². The number of halogens is 1. The summed E-state index contributed by atoms with van der Waals surface area (Å²) >= 11 is 3.62. The molecule has 0 spiro atoms. The topological polar surface area (TPSA) is 70.0 Å². The van der Waals surface area contributed by atoms with Crippen LogP contribution in [0, 0.1) is 5.92 Å². The molecule has 5 rings (SSSR count). The second-order valence-electron chi connectivity index (χ2n) is 8.32. The van der Waals surface area contributed by atoms with Gasteiger partial charge in [0.05, 0.1) is 30.0 Å². The molecule has 1 aliphatic carbocycles. The first-order valence-electron chi connectivity index (χ1n) is 10.6. The average Bonchev–Trinajstić information content (AvgIpc) is 3.22. The average molecular weight is 494 g/mol. The summed E-state index contributed by atoms with van der Waals surface area (Å²) in [6.45, 7) is 0. The standard InChI is InChI=1S/C26H24BrNO4/c1-32-19-14-12-18(13-15-19)26(16-8-4-2-5-9-16,17-10-6-3-7-11-17)28-22-21(27)20(25(28)31)23(29)24(22)30/h2-15,20-24,29-30H,1H3/t20-,21+,22+,23+,24-/m0/s1. The van der Waals surface area contributed by atoms with Crippen molar-refractivity contribution in [3.8, 4) is 5.75 Å². The number of aliphatic hydroxyl groups excluding tert-OH is 2. The Morgan fingerprint density at radius 3 is 1.78 bits per heavy atom. The predicted octanol–water partition coefficient (Wildman–Crippen LogP) is 3.31. The first-order chi connectivity index (χ1) is 15.5. The summed E-state index contributed by atoms with van der Waals surface area (Å²) in [5, 5.41) is 21.5. The van der Waals surface area contributed by atoms with Gasteiger partial charge in [-0.1, -0.05) is 88.7 Å². The van der Waals surface area contributed by atoms with Gasteiger partial charge in [0.15, 0.2) is 0 Å².